The molecule has 0 aromatic heterocycles. The van der Waals surface area contributed by atoms with Crippen molar-refractivity contribution in [3.63, 3.8) is 0 Å². The standard InChI is InChI=1S/C17H31N3O2.HI/c1-2-18-15(19-13-17(21)5-3-4-6-17)20-10-7-16(14-20)8-11-22-12-9-16;/h21H,2-14H2,1H3,(H,18,19);1H. The Morgan fingerprint density at radius 1 is 1.17 bits per heavy atom. The van der Waals surface area contributed by atoms with Crippen LogP contribution in [0.1, 0.15) is 51.9 Å². The summed E-state index contributed by atoms with van der Waals surface area (Å²) in [7, 11) is 0. The normalized spacial score (nSPS) is 26.3. The van der Waals surface area contributed by atoms with Crippen LogP contribution in [0.4, 0.5) is 0 Å². The van der Waals surface area contributed by atoms with Crippen LogP contribution in [-0.4, -0.2) is 61.0 Å². The zero-order valence-corrected chi connectivity index (χ0v) is 16.7. The van der Waals surface area contributed by atoms with E-state index in [1.165, 1.54) is 19.3 Å². The maximum atomic E-state index is 10.5. The number of hydrogen-bond donors (Lipinski definition) is 2. The van der Waals surface area contributed by atoms with Crippen molar-refractivity contribution < 1.29 is 9.84 Å². The first-order valence-corrected chi connectivity index (χ1v) is 8.98. The molecule has 0 amide bonds. The molecule has 3 aliphatic rings. The molecule has 1 spiro atoms. The fraction of sp³-hybridized carbons (Fsp3) is 0.941. The Balaban J connectivity index is 0.00000192. The van der Waals surface area contributed by atoms with Crippen molar-refractivity contribution in [2.24, 2.45) is 10.4 Å². The van der Waals surface area contributed by atoms with Crippen LogP contribution in [0.15, 0.2) is 4.99 Å². The van der Waals surface area contributed by atoms with Crippen LogP contribution in [0, 0.1) is 5.41 Å². The molecular formula is C17H32IN3O2. The fourth-order valence-electron chi connectivity index (χ4n) is 4.17. The Morgan fingerprint density at radius 2 is 1.87 bits per heavy atom. The largest absolute Gasteiger partial charge is 0.388 e. The molecule has 23 heavy (non-hydrogen) atoms. The van der Waals surface area contributed by atoms with E-state index >= 15 is 0 Å². The van der Waals surface area contributed by atoms with Gasteiger partial charge < -0.3 is 20.1 Å². The van der Waals surface area contributed by atoms with Crippen molar-refractivity contribution in [3.8, 4) is 0 Å². The second-order valence-electron chi connectivity index (χ2n) is 7.39. The van der Waals surface area contributed by atoms with Crippen molar-refractivity contribution in [2.45, 2.75) is 57.5 Å². The third-order valence-electron chi connectivity index (χ3n) is 5.68. The lowest BCUT2D eigenvalue weighted by Crippen LogP contribution is -2.43. The highest BCUT2D eigenvalue weighted by Gasteiger charge is 2.40. The Hall–Kier alpha value is -0.0800. The molecule has 2 saturated heterocycles. The minimum atomic E-state index is -0.559. The lowest BCUT2D eigenvalue weighted by atomic mass is 9.80. The highest BCUT2D eigenvalue weighted by molar-refractivity contribution is 14.0. The van der Waals surface area contributed by atoms with Gasteiger partial charge in [0.25, 0.3) is 0 Å². The summed E-state index contributed by atoms with van der Waals surface area (Å²) in [6.45, 7) is 7.50. The number of guanidine groups is 1. The van der Waals surface area contributed by atoms with Crippen molar-refractivity contribution in [1.82, 2.24) is 10.2 Å². The minimum absolute atomic E-state index is 0. The number of ether oxygens (including phenoxy) is 1. The third kappa shape index (κ3) is 4.72. The number of likely N-dealkylation sites (tertiary alicyclic amines) is 1. The molecule has 2 aliphatic heterocycles. The van der Waals surface area contributed by atoms with Crippen LogP contribution in [0.2, 0.25) is 0 Å². The van der Waals surface area contributed by atoms with E-state index in [2.05, 4.69) is 17.1 Å². The van der Waals surface area contributed by atoms with Crippen molar-refractivity contribution in [3.05, 3.63) is 0 Å². The smallest absolute Gasteiger partial charge is 0.194 e. The zero-order chi connectivity index (χ0) is 15.5. The van der Waals surface area contributed by atoms with Crippen LogP contribution >= 0.6 is 24.0 Å². The summed E-state index contributed by atoms with van der Waals surface area (Å²) >= 11 is 0. The lowest BCUT2D eigenvalue weighted by Gasteiger charge is -2.33. The van der Waals surface area contributed by atoms with E-state index in [0.717, 1.165) is 64.5 Å². The Morgan fingerprint density at radius 3 is 2.52 bits per heavy atom. The summed E-state index contributed by atoms with van der Waals surface area (Å²) < 4.78 is 5.53. The van der Waals surface area contributed by atoms with E-state index in [1.807, 2.05) is 0 Å². The molecular weight excluding hydrogens is 405 g/mol. The number of aliphatic imine (C=N–C) groups is 1. The molecule has 0 aromatic carbocycles. The molecule has 0 atom stereocenters. The molecule has 134 valence electrons. The quantitative estimate of drug-likeness (QED) is 0.405. The van der Waals surface area contributed by atoms with Gasteiger partial charge in [0.1, 0.15) is 0 Å². The predicted octanol–water partition coefficient (Wildman–Crippen LogP) is 2.38. The summed E-state index contributed by atoms with van der Waals surface area (Å²) in [6.07, 6.45) is 7.66. The summed E-state index contributed by atoms with van der Waals surface area (Å²) in [5.74, 6) is 0.992. The second-order valence-corrected chi connectivity index (χ2v) is 7.39. The highest BCUT2D eigenvalue weighted by atomic mass is 127. The summed E-state index contributed by atoms with van der Waals surface area (Å²) in [4.78, 5) is 7.17. The van der Waals surface area contributed by atoms with E-state index in [9.17, 15) is 5.11 Å². The molecule has 0 bridgehead atoms. The van der Waals surface area contributed by atoms with Crippen LogP contribution in [-0.2, 0) is 4.74 Å². The first-order chi connectivity index (χ1) is 10.6. The molecule has 3 fully saturated rings. The number of nitrogens with one attached hydrogen (secondary N) is 1. The van der Waals surface area contributed by atoms with E-state index in [1.54, 1.807) is 0 Å². The van der Waals surface area contributed by atoms with Gasteiger partial charge in [-0.25, -0.2) is 0 Å². The van der Waals surface area contributed by atoms with Gasteiger partial charge in [-0.15, -0.1) is 24.0 Å². The summed E-state index contributed by atoms with van der Waals surface area (Å²) in [5.41, 5.74) is -0.130. The number of halogens is 1. The van der Waals surface area contributed by atoms with Crippen LogP contribution in [0.25, 0.3) is 0 Å². The zero-order valence-electron chi connectivity index (χ0n) is 14.4. The van der Waals surface area contributed by atoms with Gasteiger partial charge in [0, 0.05) is 32.8 Å². The van der Waals surface area contributed by atoms with Gasteiger partial charge in [0.05, 0.1) is 12.1 Å². The second kappa shape index (κ2) is 8.34. The molecule has 3 rings (SSSR count). The SMILES string of the molecule is CCNC(=NCC1(O)CCCC1)N1CCC2(CCOCC2)C1.I. The fourth-order valence-corrected chi connectivity index (χ4v) is 4.17. The van der Waals surface area contributed by atoms with Crippen LogP contribution in [0.5, 0.6) is 0 Å². The van der Waals surface area contributed by atoms with E-state index in [4.69, 9.17) is 9.73 Å². The van der Waals surface area contributed by atoms with Crippen molar-refractivity contribution in [1.29, 1.82) is 0 Å². The third-order valence-corrected chi connectivity index (χ3v) is 5.68. The van der Waals surface area contributed by atoms with Crippen LogP contribution in [0.3, 0.4) is 0 Å². The molecule has 0 aromatic rings. The van der Waals surface area contributed by atoms with Gasteiger partial charge >= 0.3 is 0 Å². The van der Waals surface area contributed by atoms with Gasteiger partial charge in [-0.1, -0.05) is 12.8 Å². The number of aliphatic hydroxyl groups is 1. The van der Waals surface area contributed by atoms with Gasteiger partial charge in [-0.3, -0.25) is 4.99 Å². The highest BCUT2D eigenvalue weighted by Crippen LogP contribution is 2.39. The molecule has 6 heteroatoms. The van der Waals surface area contributed by atoms with E-state index in [0.29, 0.717) is 12.0 Å². The molecule has 0 radical (unpaired) electrons. The van der Waals surface area contributed by atoms with E-state index < -0.39 is 5.60 Å². The van der Waals surface area contributed by atoms with E-state index in [-0.39, 0.29) is 24.0 Å². The first-order valence-electron chi connectivity index (χ1n) is 8.98. The molecule has 5 nitrogen and oxygen atoms in total. The lowest BCUT2D eigenvalue weighted by molar-refractivity contribution is 0.0217. The molecule has 1 aliphatic carbocycles. The summed E-state index contributed by atoms with van der Waals surface area (Å²) in [6, 6.07) is 0. The van der Waals surface area contributed by atoms with Gasteiger partial charge in [-0.2, -0.15) is 0 Å². The number of hydrogen-bond acceptors (Lipinski definition) is 3. The number of rotatable bonds is 3. The average Bonchev–Trinajstić information content (AvgIpc) is 3.12. The van der Waals surface area contributed by atoms with Gasteiger partial charge in [0.2, 0.25) is 0 Å². The molecule has 1 saturated carbocycles. The van der Waals surface area contributed by atoms with Gasteiger partial charge in [-0.05, 0) is 44.4 Å². The maximum Gasteiger partial charge on any atom is 0.194 e. The summed E-state index contributed by atoms with van der Waals surface area (Å²) in [5, 5.41) is 13.9. The topological polar surface area (TPSA) is 57.1 Å². The Bertz CT molecular complexity index is 405. The minimum Gasteiger partial charge on any atom is -0.388 e. The van der Waals surface area contributed by atoms with Crippen molar-refractivity contribution in [2.75, 3.05) is 39.4 Å². The van der Waals surface area contributed by atoms with Gasteiger partial charge in [0.15, 0.2) is 5.96 Å². The molecule has 0 unspecified atom stereocenters. The Labute approximate surface area is 157 Å². The molecule has 2 heterocycles. The Kier molecular flexibility index (Phi) is 6.98. The predicted molar refractivity (Wildman–Crippen MR) is 103 cm³/mol. The van der Waals surface area contributed by atoms with Crippen molar-refractivity contribution >= 4 is 29.9 Å². The maximum absolute atomic E-state index is 10.5. The molecule has 2 N–H and O–H groups in total. The van der Waals surface area contributed by atoms with Crippen LogP contribution < -0.4 is 5.32 Å². The monoisotopic (exact) mass is 437 g/mol. The average molecular weight is 437 g/mol. The first kappa shape index (κ1) is 19.2. The number of nitrogens with zero attached hydrogens (tertiary/aromatic N) is 2.